The molecule has 4 rings (SSSR count). The Morgan fingerprint density at radius 1 is 0.690 bits per heavy atom. The SMILES string of the molecule is CC1(CC[P+](c2ccccc2)(c2ccccc2)c2ccccc2)SCCCS1.[Br-]. The van der Waals surface area contributed by atoms with Crippen molar-refractivity contribution in [3.63, 3.8) is 0 Å². The van der Waals surface area contributed by atoms with Crippen molar-refractivity contribution in [1.82, 2.24) is 0 Å². The number of thioether (sulfide) groups is 2. The molecule has 1 fully saturated rings. The van der Waals surface area contributed by atoms with Gasteiger partial charge in [0.2, 0.25) is 0 Å². The normalized spacial score (nSPS) is 16.0. The van der Waals surface area contributed by atoms with Gasteiger partial charge in [0.05, 0.1) is 10.2 Å². The van der Waals surface area contributed by atoms with Crippen LogP contribution in [0.5, 0.6) is 0 Å². The summed E-state index contributed by atoms with van der Waals surface area (Å²) in [7, 11) is -1.69. The smallest absolute Gasteiger partial charge is 0.112 e. The minimum absolute atomic E-state index is 0. The first-order chi connectivity index (χ1) is 13.7. The van der Waals surface area contributed by atoms with Crippen LogP contribution in [0.4, 0.5) is 0 Å². The Hall–Kier alpha value is -0.730. The molecule has 1 aliphatic rings. The van der Waals surface area contributed by atoms with Crippen molar-refractivity contribution < 1.29 is 17.0 Å². The van der Waals surface area contributed by atoms with Gasteiger partial charge in [0.15, 0.2) is 0 Å². The van der Waals surface area contributed by atoms with Crippen molar-refractivity contribution in [3.05, 3.63) is 91.0 Å². The lowest BCUT2D eigenvalue weighted by Gasteiger charge is -2.35. The van der Waals surface area contributed by atoms with Gasteiger partial charge in [-0.25, -0.2) is 0 Å². The van der Waals surface area contributed by atoms with Gasteiger partial charge in [-0.1, -0.05) is 54.6 Å². The highest BCUT2D eigenvalue weighted by Gasteiger charge is 2.46. The van der Waals surface area contributed by atoms with Crippen molar-refractivity contribution >= 4 is 46.7 Å². The second kappa shape index (κ2) is 10.5. The molecule has 0 bridgehead atoms. The van der Waals surface area contributed by atoms with Crippen molar-refractivity contribution in [3.8, 4) is 0 Å². The van der Waals surface area contributed by atoms with Crippen molar-refractivity contribution in [2.45, 2.75) is 23.8 Å². The molecule has 0 nitrogen and oxygen atoms in total. The second-order valence-electron chi connectivity index (χ2n) is 7.47. The van der Waals surface area contributed by atoms with Gasteiger partial charge in [-0.15, -0.1) is 23.5 Å². The molecule has 0 radical (unpaired) electrons. The molecule has 0 saturated carbocycles. The molecule has 29 heavy (non-hydrogen) atoms. The zero-order chi connectivity index (χ0) is 19.3. The van der Waals surface area contributed by atoms with E-state index in [0.29, 0.717) is 4.08 Å². The molecule has 0 aliphatic carbocycles. The molecular weight excluding hydrogens is 475 g/mol. The van der Waals surface area contributed by atoms with Crippen LogP contribution in [0.25, 0.3) is 0 Å². The predicted octanol–water partition coefficient (Wildman–Crippen LogP) is 2.96. The Balaban J connectivity index is 0.00000240. The summed E-state index contributed by atoms with van der Waals surface area (Å²) < 4.78 is 0.335. The van der Waals surface area contributed by atoms with Crippen LogP contribution in [0.3, 0.4) is 0 Å². The average molecular weight is 504 g/mol. The van der Waals surface area contributed by atoms with Crippen LogP contribution in [0.15, 0.2) is 91.0 Å². The summed E-state index contributed by atoms with van der Waals surface area (Å²) >= 11 is 4.35. The van der Waals surface area contributed by atoms with E-state index in [1.165, 1.54) is 46.4 Å². The monoisotopic (exact) mass is 502 g/mol. The van der Waals surface area contributed by atoms with E-state index in [-0.39, 0.29) is 17.0 Å². The fourth-order valence-electron chi connectivity index (χ4n) is 4.07. The highest BCUT2D eigenvalue weighted by Crippen LogP contribution is 2.58. The summed E-state index contributed by atoms with van der Waals surface area (Å²) in [4.78, 5) is 0. The zero-order valence-corrected chi connectivity index (χ0v) is 21.0. The maximum atomic E-state index is 2.47. The van der Waals surface area contributed by atoms with Crippen molar-refractivity contribution in [2.75, 3.05) is 17.7 Å². The number of rotatable bonds is 6. The lowest BCUT2D eigenvalue weighted by Crippen LogP contribution is -3.00. The van der Waals surface area contributed by atoms with Gasteiger partial charge in [-0.05, 0) is 61.2 Å². The fourth-order valence-corrected chi connectivity index (χ4v) is 11.8. The van der Waals surface area contributed by atoms with E-state index in [2.05, 4.69) is 121 Å². The lowest BCUT2D eigenvalue weighted by molar-refractivity contribution is -0.00000539. The third-order valence-corrected chi connectivity index (χ3v) is 13.4. The summed E-state index contributed by atoms with van der Waals surface area (Å²) in [5.41, 5.74) is 0. The third-order valence-electron chi connectivity index (χ3n) is 5.60. The maximum absolute atomic E-state index is 2.47. The minimum atomic E-state index is -1.69. The van der Waals surface area contributed by atoms with Crippen LogP contribution in [0.2, 0.25) is 0 Å². The predicted molar refractivity (Wildman–Crippen MR) is 133 cm³/mol. The van der Waals surface area contributed by atoms with E-state index >= 15 is 0 Å². The van der Waals surface area contributed by atoms with E-state index in [0.717, 1.165) is 0 Å². The highest BCUT2D eigenvalue weighted by atomic mass is 79.9. The largest absolute Gasteiger partial charge is 1.00 e. The minimum Gasteiger partial charge on any atom is -1.00 e. The fraction of sp³-hybridized carbons (Fsp3) is 0.280. The summed E-state index contributed by atoms with van der Waals surface area (Å²) in [6.07, 6.45) is 3.82. The van der Waals surface area contributed by atoms with Crippen LogP contribution in [0.1, 0.15) is 19.8 Å². The molecule has 1 aliphatic heterocycles. The van der Waals surface area contributed by atoms with E-state index < -0.39 is 7.26 Å². The van der Waals surface area contributed by atoms with Crippen LogP contribution < -0.4 is 32.9 Å². The molecular formula is C25H28BrPS2. The number of halogens is 1. The molecule has 0 N–H and O–H groups in total. The number of benzene rings is 3. The first kappa shape index (κ1) is 22.9. The molecule has 1 heterocycles. The summed E-state index contributed by atoms with van der Waals surface area (Å²) in [5, 5.41) is 4.51. The van der Waals surface area contributed by atoms with E-state index in [1.54, 1.807) is 0 Å². The molecule has 3 aromatic carbocycles. The Bertz CT molecular complexity index is 768. The van der Waals surface area contributed by atoms with Crippen LogP contribution in [0, 0.1) is 0 Å². The van der Waals surface area contributed by atoms with E-state index in [1.807, 2.05) is 0 Å². The maximum Gasteiger partial charge on any atom is 0.112 e. The molecule has 0 unspecified atom stereocenters. The lowest BCUT2D eigenvalue weighted by atomic mass is 10.3. The van der Waals surface area contributed by atoms with Crippen molar-refractivity contribution in [1.29, 1.82) is 0 Å². The summed E-state index contributed by atoms with van der Waals surface area (Å²) in [5.74, 6) is 2.61. The van der Waals surface area contributed by atoms with Gasteiger partial charge < -0.3 is 17.0 Å². The van der Waals surface area contributed by atoms with Gasteiger partial charge in [-0.2, -0.15) is 0 Å². The highest BCUT2D eigenvalue weighted by molar-refractivity contribution is 8.18. The summed E-state index contributed by atoms with van der Waals surface area (Å²) in [6.45, 7) is 2.47. The number of hydrogen-bond acceptors (Lipinski definition) is 2. The van der Waals surface area contributed by atoms with E-state index in [9.17, 15) is 0 Å². The summed E-state index contributed by atoms with van der Waals surface area (Å²) in [6, 6.07) is 33.8. The van der Waals surface area contributed by atoms with Gasteiger partial charge in [0.25, 0.3) is 0 Å². The Labute approximate surface area is 195 Å². The topological polar surface area (TPSA) is 0 Å². The molecule has 1 saturated heterocycles. The first-order valence-corrected chi connectivity index (χ1v) is 14.0. The zero-order valence-electron chi connectivity index (χ0n) is 16.8. The standard InChI is InChI=1S/C25H28PS2.BrH/c1-25(27-20-11-21-28-25)18-19-26(22-12-5-2-6-13-22,23-14-7-3-8-15-23)24-16-9-4-10-17-24;/h2-10,12-17H,11,18-21H2,1H3;1H/q+1;/p-1. The quantitative estimate of drug-likeness (QED) is 0.475. The van der Waals surface area contributed by atoms with Crippen LogP contribution in [-0.2, 0) is 0 Å². The molecule has 3 aromatic rings. The number of hydrogen-bond donors (Lipinski definition) is 0. The molecule has 0 amide bonds. The first-order valence-electron chi connectivity index (χ1n) is 10.1. The average Bonchev–Trinajstić information content (AvgIpc) is 2.77. The molecule has 0 spiro atoms. The van der Waals surface area contributed by atoms with E-state index in [4.69, 9.17) is 0 Å². The van der Waals surface area contributed by atoms with Gasteiger partial charge in [0, 0.05) is 6.42 Å². The Kier molecular flexibility index (Phi) is 8.33. The molecule has 0 atom stereocenters. The molecule has 0 aromatic heterocycles. The van der Waals surface area contributed by atoms with Gasteiger partial charge >= 0.3 is 0 Å². The molecule has 4 heteroatoms. The second-order valence-corrected chi connectivity index (χ2v) is 14.5. The Morgan fingerprint density at radius 3 is 1.45 bits per heavy atom. The van der Waals surface area contributed by atoms with Gasteiger partial charge in [0.1, 0.15) is 23.2 Å². The van der Waals surface area contributed by atoms with Crippen LogP contribution >= 0.6 is 30.8 Å². The third kappa shape index (κ3) is 5.13. The Morgan fingerprint density at radius 2 is 1.07 bits per heavy atom. The van der Waals surface area contributed by atoms with Gasteiger partial charge in [-0.3, -0.25) is 0 Å². The van der Waals surface area contributed by atoms with Crippen molar-refractivity contribution in [2.24, 2.45) is 0 Å². The van der Waals surface area contributed by atoms with Crippen LogP contribution in [-0.4, -0.2) is 21.7 Å². The molecule has 152 valence electrons.